The average molecular weight is 431 g/mol. The molecule has 0 saturated carbocycles. The third-order valence-corrected chi connectivity index (χ3v) is 5.97. The second kappa shape index (κ2) is 9.22. The summed E-state index contributed by atoms with van der Waals surface area (Å²) in [7, 11) is 1.62. The van der Waals surface area contributed by atoms with E-state index in [1.54, 1.807) is 42.3 Å². The number of methoxy groups -OCH3 is 1. The van der Waals surface area contributed by atoms with Crippen molar-refractivity contribution in [2.24, 2.45) is 5.92 Å². The smallest absolute Gasteiger partial charge is 0.254 e. The maximum Gasteiger partial charge on any atom is 0.254 e. The summed E-state index contributed by atoms with van der Waals surface area (Å²) in [5.41, 5.74) is 1.86. The van der Waals surface area contributed by atoms with Gasteiger partial charge in [-0.1, -0.05) is 24.3 Å². The third-order valence-electron chi connectivity index (χ3n) is 5.97. The molecule has 0 aliphatic carbocycles. The van der Waals surface area contributed by atoms with Crippen LogP contribution in [-0.4, -0.2) is 42.7 Å². The van der Waals surface area contributed by atoms with Gasteiger partial charge in [0.25, 0.3) is 5.91 Å². The number of rotatable bonds is 5. The zero-order chi connectivity index (χ0) is 22.7. The summed E-state index contributed by atoms with van der Waals surface area (Å²) >= 11 is 0. The van der Waals surface area contributed by atoms with Gasteiger partial charge in [0.2, 0.25) is 5.91 Å². The Bertz CT molecular complexity index is 1170. The Labute approximate surface area is 187 Å². The number of hydrogen-bond acceptors (Lipinski definition) is 4. The number of carbonyl (C=O) groups excluding carboxylic acids is 3. The van der Waals surface area contributed by atoms with Gasteiger partial charge in [-0.2, -0.15) is 0 Å². The first-order chi connectivity index (χ1) is 15.5. The molecular formula is C26H26N2O4. The number of nitrogens with one attached hydrogen (secondary N) is 1. The monoisotopic (exact) mass is 430 g/mol. The maximum absolute atomic E-state index is 13.4. The lowest BCUT2D eigenvalue weighted by molar-refractivity contribution is -0.121. The summed E-state index contributed by atoms with van der Waals surface area (Å²) in [6.45, 7) is 2.50. The van der Waals surface area contributed by atoms with E-state index in [1.807, 2.05) is 30.3 Å². The summed E-state index contributed by atoms with van der Waals surface area (Å²) in [6.07, 6.45) is 1.49. The molecule has 0 spiro atoms. The lowest BCUT2D eigenvalue weighted by atomic mass is 9.95. The van der Waals surface area contributed by atoms with Crippen molar-refractivity contribution in [3.8, 4) is 5.75 Å². The van der Waals surface area contributed by atoms with Crippen LogP contribution in [0.5, 0.6) is 5.75 Å². The Morgan fingerprint density at radius 2 is 1.69 bits per heavy atom. The predicted molar refractivity (Wildman–Crippen MR) is 124 cm³/mol. The quantitative estimate of drug-likeness (QED) is 0.603. The zero-order valence-corrected chi connectivity index (χ0v) is 18.3. The molecule has 2 amide bonds. The summed E-state index contributed by atoms with van der Waals surface area (Å²) in [5.74, 6) is 0.230. The number of benzene rings is 3. The minimum atomic E-state index is -0.287. The summed E-state index contributed by atoms with van der Waals surface area (Å²) in [5, 5.41) is 4.65. The molecule has 6 nitrogen and oxygen atoms in total. The molecule has 1 atom stereocenters. The number of likely N-dealkylation sites (tertiary alicyclic amines) is 1. The zero-order valence-electron chi connectivity index (χ0n) is 18.3. The number of ether oxygens (including phenoxy) is 1. The van der Waals surface area contributed by atoms with Crippen molar-refractivity contribution < 1.29 is 19.1 Å². The summed E-state index contributed by atoms with van der Waals surface area (Å²) in [4.78, 5) is 39.4. The van der Waals surface area contributed by atoms with Crippen LogP contribution in [0.1, 0.15) is 40.5 Å². The molecule has 0 aromatic heterocycles. The van der Waals surface area contributed by atoms with Gasteiger partial charge in [0.1, 0.15) is 5.75 Å². The Kier molecular flexibility index (Phi) is 6.21. The van der Waals surface area contributed by atoms with Crippen LogP contribution in [0.25, 0.3) is 10.8 Å². The van der Waals surface area contributed by atoms with Gasteiger partial charge >= 0.3 is 0 Å². The van der Waals surface area contributed by atoms with Gasteiger partial charge in [0, 0.05) is 35.3 Å². The highest BCUT2D eigenvalue weighted by Gasteiger charge is 2.29. The van der Waals surface area contributed by atoms with Gasteiger partial charge < -0.3 is 15.0 Å². The first-order valence-electron chi connectivity index (χ1n) is 10.7. The number of amides is 2. The number of nitrogens with zero attached hydrogens (tertiary/aromatic N) is 1. The maximum atomic E-state index is 13.4. The Morgan fingerprint density at radius 3 is 2.38 bits per heavy atom. The molecule has 1 saturated heterocycles. The molecule has 1 aliphatic heterocycles. The van der Waals surface area contributed by atoms with E-state index in [9.17, 15) is 14.4 Å². The number of fused-ring (bicyclic) bond motifs is 1. The van der Waals surface area contributed by atoms with Crippen LogP contribution in [0.2, 0.25) is 0 Å². The molecular weight excluding hydrogens is 404 g/mol. The van der Waals surface area contributed by atoms with E-state index in [0.717, 1.165) is 29.4 Å². The molecule has 1 fully saturated rings. The van der Waals surface area contributed by atoms with E-state index < -0.39 is 0 Å². The van der Waals surface area contributed by atoms with Crippen molar-refractivity contribution in [1.82, 2.24) is 4.90 Å². The van der Waals surface area contributed by atoms with E-state index in [1.165, 1.54) is 6.92 Å². The molecule has 32 heavy (non-hydrogen) atoms. The van der Waals surface area contributed by atoms with E-state index >= 15 is 0 Å². The molecule has 3 aromatic carbocycles. The molecule has 0 bridgehead atoms. The predicted octanol–water partition coefficient (Wildman–Crippen LogP) is 4.54. The van der Waals surface area contributed by atoms with Gasteiger partial charge in [-0.05, 0) is 61.5 Å². The van der Waals surface area contributed by atoms with Crippen LogP contribution in [0.3, 0.4) is 0 Å². The van der Waals surface area contributed by atoms with Gasteiger partial charge in [-0.25, -0.2) is 0 Å². The molecule has 1 N–H and O–H groups in total. The molecule has 1 heterocycles. The molecule has 1 aliphatic rings. The Hall–Kier alpha value is -3.67. The van der Waals surface area contributed by atoms with Gasteiger partial charge in [-0.15, -0.1) is 0 Å². The molecule has 6 heteroatoms. The topological polar surface area (TPSA) is 75.7 Å². The standard InChI is InChI=1S/C26H26N2O4/c1-17(29)18-9-11-20(12-10-18)27-25(30)19-6-5-15-28(16-19)26(31)23-13-14-24(32-2)22-8-4-3-7-21(22)23/h3-4,7-14,19H,5-6,15-16H2,1-2H3,(H,27,30). The molecule has 164 valence electrons. The third kappa shape index (κ3) is 4.35. The van der Waals surface area contributed by atoms with Crippen LogP contribution in [0.15, 0.2) is 60.7 Å². The fraction of sp³-hybridized carbons (Fsp3) is 0.269. The SMILES string of the molecule is COc1ccc(C(=O)N2CCCC(C(=O)Nc3ccc(C(C)=O)cc3)C2)c2ccccc12. The largest absolute Gasteiger partial charge is 0.496 e. The Balaban J connectivity index is 1.49. The summed E-state index contributed by atoms with van der Waals surface area (Å²) < 4.78 is 5.44. The van der Waals surface area contributed by atoms with Crippen LogP contribution in [-0.2, 0) is 4.79 Å². The van der Waals surface area contributed by atoms with E-state index in [-0.39, 0.29) is 23.5 Å². The van der Waals surface area contributed by atoms with Crippen molar-refractivity contribution in [2.45, 2.75) is 19.8 Å². The van der Waals surface area contributed by atoms with E-state index in [2.05, 4.69) is 5.32 Å². The van der Waals surface area contributed by atoms with Crippen molar-refractivity contribution in [1.29, 1.82) is 0 Å². The lowest BCUT2D eigenvalue weighted by Crippen LogP contribution is -2.43. The molecule has 3 aromatic rings. The van der Waals surface area contributed by atoms with Crippen LogP contribution in [0, 0.1) is 5.92 Å². The van der Waals surface area contributed by atoms with Crippen molar-refractivity contribution >= 4 is 34.1 Å². The fourth-order valence-corrected chi connectivity index (χ4v) is 4.21. The lowest BCUT2D eigenvalue weighted by Gasteiger charge is -2.32. The highest BCUT2D eigenvalue weighted by atomic mass is 16.5. The first-order valence-corrected chi connectivity index (χ1v) is 10.7. The normalized spacial score (nSPS) is 15.9. The number of anilines is 1. The highest BCUT2D eigenvalue weighted by Crippen LogP contribution is 2.30. The van der Waals surface area contributed by atoms with Gasteiger partial charge in [0.05, 0.1) is 13.0 Å². The number of ketones is 1. The highest BCUT2D eigenvalue weighted by molar-refractivity contribution is 6.09. The number of piperidine rings is 1. The molecule has 1 unspecified atom stereocenters. The van der Waals surface area contributed by atoms with Crippen LogP contribution < -0.4 is 10.1 Å². The van der Waals surface area contributed by atoms with E-state index in [4.69, 9.17) is 4.74 Å². The Morgan fingerprint density at radius 1 is 0.969 bits per heavy atom. The van der Waals surface area contributed by atoms with Crippen molar-refractivity contribution in [2.75, 3.05) is 25.5 Å². The van der Waals surface area contributed by atoms with Crippen LogP contribution in [0.4, 0.5) is 5.69 Å². The van der Waals surface area contributed by atoms with Crippen molar-refractivity contribution in [3.05, 3.63) is 71.8 Å². The fourth-order valence-electron chi connectivity index (χ4n) is 4.21. The summed E-state index contributed by atoms with van der Waals surface area (Å²) in [6, 6.07) is 18.1. The first kappa shape index (κ1) is 21.6. The van der Waals surface area contributed by atoms with Crippen molar-refractivity contribution in [3.63, 3.8) is 0 Å². The van der Waals surface area contributed by atoms with Gasteiger partial charge in [0.15, 0.2) is 5.78 Å². The van der Waals surface area contributed by atoms with Gasteiger partial charge in [-0.3, -0.25) is 14.4 Å². The second-order valence-corrected chi connectivity index (χ2v) is 8.07. The van der Waals surface area contributed by atoms with E-state index in [0.29, 0.717) is 29.9 Å². The second-order valence-electron chi connectivity index (χ2n) is 8.07. The number of hydrogen-bond donors (Lipinski definition) is 1. The molecule has 0 radical (unpaired) electrons. The molecule has 4 rings (SSSR count). The minimum Gasteiger partial charge on any atom is -0.496 e. The minimum absolute atomic E-state index is 0.0182. The number of Topliss-reactive ketones (excluding diaryl/α,β-unsaturated/α-hetero) is 1. The number of carbonyl (C=O) groups is 3. The van der Waals surface area contributed by atoms with Crippen LogP contribution >= 0.6 is 0 Å². The average Bonchev–Trinajstić information content (AvgIpc) is 2.83.